The zero-order valence-electron chi connectivity index (χ0n) is 12.4. The molecular formula is C14H18N2O6. The molecule has 1 amide bonds. The maximum atomic E-state index is 11.8. The molecule has 1 aromatic rings. The fourth-order valence-electron chi connectivity index (χ4n) is 1.60. The van der Waals surface area contributed by atoms with E-state index in [4.69, 9.17) is 4.74 Å². The molecule has 0 fully saturated rings. The predicted molar refractivity (Wildman–Crippen MR) is 77.3 cm³/mol. The number of benzene rings is 1. The molecule has 0 spiro atoms. The predicted octanol–water partition coefficient (Wildman–Crippen LogP) is 1.03. The Labute approximate surface area is 127 Å². The van der Waals surface area contributed by atoms with Crippen molar-refractivity contribution in [3.05, 3.63) is 39.9 Å². The van der Waals surface area contributed by atoms with Crippen LogP contribution in [0.1, 0.15) is 30.6 Å². The highest BCUT2D eigenvalue weighted by atomic mass is 16.6. The lowest BCUT2D eigenvalue weighted by molar-refractivity contribution is -0.384. The van der Waals surface area contributed by atoms with Crippen LogP contribution in [0.25, 0.3) is 0 Å². The van der Waals surface area contributed by atoms with E-state index in [1.807, 2.05) is 0 Å². The minimum Gasteiger partial charge on any atom is -0.459 e. The third-order valence-electron chi connectivity index (χ3n) is 2.87. The van der Waals surface area contributed by atoms with E-state index in [-0.39, 0.29) is 36.7 Å². The van der Waals surface area contributed by atoms with Crippen LogP contribution in [0.4, 0.5) is 5.69 Å². The highest BCUT2D eigenvalue weighted by Gasteiger charge is 2.23. The number of carbonyl (C=O) groups is 2. The summed E-state index contributed by atoms with van der Waals surface area (Å²) in [6, 6.07) is 4.97. The van der Waals surface area contributed by atoms with Gasteiger partial charge in [-0.3, -0.25) is 14.9 Å². The molecule has 0 aliphatic heterocycles. The molecule has 0 radical (unpaired) electrons. The van der Waals surface area contributed by atoms with Gasteiger partial charge < -0.3 is 15.2 Å². The topological polar surface area (TPSA) is 119 Å². The number of hydrogen-bond acceptors (Lipinski definition) is 6. The van der Waals surface area contributed by atoms with Gasteiger partial charge in [0.2, 0.25) is 5.91 Å². The Balaban J connectivity index is 2.50. The van der Waals surface area contributed by atoms with Gasteiger partial charge >= 0.3 is 5.97 Å². The number of aliphatic hydroxyl groups is 1. The summed E-state index contributed by atoms with van der Waals surface area (Å²) in [5, 5.41) is 23.1. The fourth-order valence-corrected chi connectivity index (χ4v) is 1.60. The summed E-state index contributed by atoms with van der Waals surface area (Å²) in [7, 11) is 0. The van der Waals surface area contributed by atoms with Crippen LogP contribution < -0.4 is 5.32 Å². The second kappa shape index (κ2) is 7.51. The molecule has 2 N–H and O–H groups in total. The molecule has 0 saturated heterocycles. The highest BCUT2D eigenvalue weighted by molar-refractivity contribution is 5.89. The van der Waals surface area contributed by atoms with Crippen LogP contribution in [-0.4, -0.2) is 40.7 Å². The number of nitrogens with one attached hydrogen (secondary N) is 1. The molecule has 0 bridgehead atoms. The Hall–Kier alpha value is -2.48. The number of carbonyl (C=O) groups excluding carboxylic acids is 2. The third kappa shape index (κ3) is 5.88. The second-order valence-corrected chi connectivity index (χ2v) is 5.11. The van der Waals surface area contributed by atoms with Crippen molar-refractivity contribution in [1.82, 2.24) is 5.32 Å². The Morgan fingerprint density at radius 1 is 1.36 bits per heavy atom. The molecule has 0 saturated carbocycles. The minimum atomic E-state index is -1.28. The van der Waals surface area contributed by atoms with Crippen LogP contribution in [0.5, 0.6) is 0 Å². The van der Waals surface area contributed by atoms with E-state index in [9.17, 15) is 24.8 Å². The summed E-state index contributed by atoms with van der Waals surface area (Å²) < 4.78 is 4.98. The summed E-state index contributed by atoms with van der Waals surface area (Å²) in [5.74, 6) is -0.895. The molecule has 1 rings (SSSR count). The van der Waals surface area contributed by atoms with Gasteiger partial charge in [-0.15, -0.1) is 0 Å². The van der Waals surface area contributed by atoms with E-state index in [0.717, 1.165) is 0 Å². The number of amides is 1. The normalized spacial score (nSPS) is 13.0. The molecule has 0 aliphatic rings. The van der Waals surface area contributed by atoms with Gasteiger partial charge in [-0.25, -0.2) is 4.79 Å². The molecule has 8 heteroatoms. The quantitative estimate of drug-likeness (QED) is 0.441. The Morgan fingerprint density at radius 3 is 2.45 bits per heavy atom. The van der Waals surface area contributed by atoms with Gasteiger partial charge in [-0.1, -0.05) is 0 Å². The van der Waals surface area contributed by atoms with Gasteiger partial charge in [0.05, 0.1) is 16.1 Å². The summed E-state index contributed by atoms with van der Waals surface area (Å²) in [5.41, 5.74) is -1.25. The zero-order valence-corrected chi connectivity index (χ0v) is 12.4. The number of nitrogens with zero attached hydrogens (tertiary/aromatic N) is 1. The first-order valence-electron chi connectivity index (χ1n) is 6.60. The average Bonchev–Trinajstić information content (AvgIpc) is 2.44. The Bertz CT molecular complexity index is 553. The molecule has 22 heavy (non-hydrogen) atoms. The summed E-state index contributed by atoms with van der Waals surface area (Å²) in [6.45, 7) is 2.86. The van der Waals surface area contributed by atoms with Crippen molar-refractivity contribution in [2.75, 3.05) is 13.2 Å². The van der Waals surface area contributed by atoms with Gasteiger partial charge in [0.1, 0.15) is 6.61 Å². The lowest BCUT2D eigenvalue weighted by Gasteiger charge is -2.22. The maximum Gasteiger partial charge on any atom is 0.338 e. The Morgan fingerprint density at radius 2 is 1.95 bits per heavy atom. The van der Waals surface area contributed by atoms with E-state index >= 15 is 0 Å². The first kappa shape index (κ1) is 17.6. The van der Waals surface area contributed by atoms with Crippen molar-refractivity contribution in [3.63, 3.8) is 0 Å². The number of nitro benzene ring substituents is 1. The number of hydrogen-bond donors (Lipinski definition) is 2. The second-order valence-electron chi connectivity index (χ2n) is 5.11. The van der Waals surface area contributed by atoms with E-state index in [1.165, 1.54) is 38.1 Å². The van der Waals surface area contributed by atoms with Crippen LogP contribution in [0.2, 0.25) is 0 Å². The number of non-ortho nitro benzene ring substituents is 1. The first-order chi connectivity index (χ1) is 10.2. The van der Waals surface area contributed by atoms with Crippen LogP contribution >= 0.6 is 0 Å². The van der Waals surface area contributed by atoms with E-state index in [0.29, 0.717) is 0 Å². The molecule has 1 aromatic carbocycles. The lowest BCUT2D eigenvalue weighted by Crippen LogP contribution is -2.36. The van der Waals surface area contributed by atoms with Crippen molar-refractivity contribution >= 4 is 17.6 Å². The van der Waals surface area contributed by atoms with Gasteiger partial charge in [-0.2, -0.15) is 0 Å². The van der Waals surface area contributed by atoms with Crippen molar-refractivity contribution in [3.8, 4) is 0 Å². The molecule has 120 valence electrons. The van der Waals surface area contributed by atoms with Crippen molar-refractivity contribution in [2.45, 2.75) is 25.9 Å². The highest BCUT2D eigenvalue weighted by Crippen LogP contribution is 2.14. The SMILES string of the molecule is CC(=O)NCCC(C)(O)COC(=O)c1ccc([N+](=O)[O-])cc1. The molecule has 8 nitrogen and oxygen atoms in total. The summed E-state index contributed by atoms with van der Waals surface area (Å²) in [4.78, 5) is 32.5. The maximum absolute atomic E-state index is 11.8. The fraction of sp³-hybridized carbons (Fsp3) is 0.429. The van der Waals surface area contributed by atoms with Crippen LogP contribution in [0.3, 0.4) is 0 Å². The summed E-state index contributed by atoms with van der Waals surface area (Å²) >= 11 is 0. The largest absolute Gasteiger partial charge is 0.459 e. The Kier molecular flexibility index (Phi) is 6.00. The molecule has 1 atom stereocenters. The third-order valence-corrected chi connectivity index (χ3v) is 2.87. The number of nitro groups is 1. The minimum absolute atomic E-state index is 0.126. The molecule has 0 aromatic heterocycles. The van der Waals surface area contributed by atoms with Gasteiger partial charge in [0.15, 0.2) is 0 Å². The molecule has 0 aliphatic carbocycles. The first-order valence-corrected chi connectivity index (χ1v) is 6.60. The number of rotatable bonds is 7. The number of ether oxygens (including phenoxy) is 1. The molecular weight excluding hydrogens is 292 g/mol. The lowest BCUT2D eigenvalue weighted by atomic mass is 10.0. The van der Waals surface area contributed by atoms with Gasteiger partial charge in [-0.05, 0) is 25.5 Å². The van der Waals surface area contributed by atoms with Crippen LogP contribution in [-0.2, 0) is 9.53 Å². The van der Waals surface area contributed by atoms with Crippen LogP contribution in [0.15, 0.2) is 24.3 Å². The standard InChI is InChI=1S/C14H18N2O6/c1-10(17)15-8-7-14(2,19)9-22-13(18)11-3-5-12(6-4-11)16(20)21/h3-6,19H,7-9H2,1-2H3,(H,15,17). The van der Waals surface area contributed by atoms with E-state index < -0.39 is 16.5 Å². The molecule has 0 heterocycles. The molecule has 1 unspecified atom stereocenters. The van der Waals surface area contributed by atoms with Crippen molar-refractivity contribution in [1.29, 1.82) is 0 Å². The zero-order chi connectivity index (χ0) is 16.8. The average molecular weight is 310 g/mol. The van der Waals surface area contributed by atoms with Crippen molar-refractivity contribution < 1.29 is 24.4 Å². The van der Waals surface area contributed by atoms with E-state index in [2.05, 4.69) is 5.32 Å². The van der Waals surface area contributed by atoms with Crippen LogP contribution in [0, 0.1) is 10.1 Å². The smallest absolute Gasteiger partial charge is 0.338 e. The number of esters is 1. The van der Waals surface area contributed by atoms with Gasteiger partial charge in [0.25, 0.3) is 5.69 Å². The monoisotopic (exact) mass is 310 g/mol. The van der Waals surface area contributed by atoms with Gasteiger partial charge in [0, 0.05) is 25.6 Å². The summed E-state index contributed by atoms with van der Waals surface area (Å²) in [6.07, 6.45) is 0.222. The van der Waals surface area contributed by atoms with Crippen molar-refractivity contribution in [2.24, 2.45) is 0 Å². The van der Waals surface area contributed by atoms with E-state index in [1.54, 1.807) is 0 Å².